The first-order valence-corrected chi connectivity index (χ1v) is 13.0. The highest BCUT2D eigenvalue weighted by molar-refractivity contribution is 6.17. The zero-order valence-electron chi connectivity index (χ0n) is 21.0. The van der Waals surface area contributed by atoms with Gasteiger partial charge < -0.3 is 4.57 Å². The summed E-state index contributed by atoms with van der Waals surface area (Å²) in [5.74, 6) is 0. The Kier molecular flexibility index (Phi) is 4.59. The molecule has 8 aromatic rings. The van der Waals surface area contributed by atoms with E-state index in [9.17, 15) is 0 Å². The summed E-state index contributed by atoms with van der Waals surface area (Å²) >= 11 is 0. The Morgan fingerprint density at radius 3 is 2.08 bits per heavy atom. The first kappa shape index (κ1) is 21.6. The summed E-state index contributed by atoms with van der Waals surface area (Å²) in [6.45, 7) is 7.28. The fourth-order valence-corrected chi connectivity index (χ4v) is 5.97. The molecule has 3 heteroatoms. The van der Waals surface area contributed by atoms with Crippen LogP contribution in [0, 0.1) is 6.57 Å². The topological polar surface area (TPSA) is 22.2 Å². The minimum atomic E-state index is 0.653. The molecule has 0 amide bonds. The highest BCUT2D eigenvalue weighted by Gasteiger charge is 2.19. The molecule has 0 saturated carbocycles. The molecule has 0 bridgehead atoms. The van der Waals surface area contributed by atoms with E-state index in [0.717, 1.165) is 49.5 Å². The van der Waals surface area contributed by atoms with Crippen molar-refractivity contribution in [3.8, 4) is 16.8 Å². The van der Waals surface area contributed by atoms with Gasteiger partial charge in [0, 0.05) is 26.9 Å². The number of nitrogens with zero attached hydrogens (tertiary/aromatic N) is 3. The van der Waals surface area contributed by atoms with Gasteiger partial charge in [0.25, 0.3) is 0 Å². The molecule has 0 aliphatic carbocycles. The molecule has 0 fully saturated rings. The summed E-state index contributed by atoms with van der Waals surface area (Å²) in [6.07, 6.45) is 0. The Hall–Kier alpha value is -5.46. The Balaban J connectivity index is 1.51. The molecule has 3 nitrogen and oxygen atoms in total. The first-order chi connectivity index (χ1) is 19.3. The highest BCUT2D eigenvalue weighted by atomic mass is 15.0. The number of fused-ring (bicyclic) bond motifs is 7. The Morgan fingerprint density at radius 2 is 1.23 bits per heavy atom. The normalized spacial score (nSPS) is 11.6. The average molecular weight is 496 g/mol. The van der Waals surface area contributed by atoms with E-state index in [4.69, 9.17) is 11.6 Å². The van der Waals surface area contributed by atoms with Gasteiger partial charge in [0.05, 0.1) is 34.3 Å². The molecule has 0 spiro atoms. The monoisotopic (exact) mass is 495 g/mol. The zero-order valence-corrected chi connectivity index (χ0v) is 21.0. The number of pyridine rings is 1. The molecule has 0 radical (unpaired) electrons. The quantitative estimate of drug-likeness (QED) is 0.133. The molecule has 2 aromatic heterocycles. The van der Waals surface area contributed by atoms with Gasteiger partial charge in [-0.1, -0.05) is 103 Å². The smallest absolute Gasteiger partial charge is 0.187 e. The zero-order chi connectivity index (χ0) is 25.9. The summed E-state index contributed by atoms with van der Waals surface area (Å²) in [5, 5.41) is 7.02. The van der Waals surface area contributed by atoms with Gasteiger partial charge in [-0.05, 0) is 40.8 Å². The lowest BCUT2D eigenvalue weighted by Gasteiger charge is -2.16. The van der Waals surface area contributed by atoms with Gasteiger partial charge in [0.2, 0.25) is 0 Å². The highest BCUT2D eigenvalue weighted by Crippen LogP contribution is 2.40. The third kappa shape index (κ3) is 3.19. The van der Waals surface area contributed by atoms with Crippen molar-refractivity contribution in [2.45, 2.75) is 0 Å². The van der Waals surface area contributed by atoms with Gasteiger partial charge in [-0.15, -0.1) is 0 Å². The van der Waals surface area contributed by atoms with Crippen LogP contribution < -0.4 is 0 Å². The summed E-state index contributed by atoms with van der Waals surface area (Å²) < 4.78 is 2.41. The minimum Gasteiger partial charge on any atom is -0.308 e. The van der Waals surface area contributed by atoms with Crippen LogP contribution in [0.5, 0.6) is 0 Å². The maximum Gasteiger partial charge on any atom is 0.187 e. The van der Waals surface area contributed by atoms with Gasteiger partial charge in [-0.25, -0.2) is 9.83 Å². The van der Waals surface area contributed by atoms with Crippen molar-refractivity contribution in [1.82, 2.24) is 9.55 Å². The lowest BCUT2D eigenvalue weighted by Crippen LogP contribution is -1.99. The van der Waals surface area contributed by atoms with E-state index in [2.05, 4.69) is 113 Å². The van der Waals surface area contributed by atoms with Gasteiger partial charge in [0.15, 0.2) is 5.69 Å². The van der Waals surface area contributed by atoms with Crippen LogP contribution in [-0.2, 0) is 0 Å². The van der Waals surface area contributed by atoms with Crippen molar-refractivity contribution in [1.29, 1.82) is 0 Å². The van der Waals surface area contributed by atoms with E-state index >= 15 is 0 Å². The van der Waals surface area contributed by atoms with Crippen molar-refractivity contribution in [3.63, 3.8) is 0 Å². The molecule has 6 aromatic carbocycles. The van der Waals surface area contributed by atoms with Crippen molar-refractivity contribution in [2.24, 2.45) is 0 Å². The van der Waals surface area contributed by atoms with Gasteiger partial charge >= 0.3 is 0 Å². The van der Waals surface area contributed by atoms with Gasteiger partial charge in [-0.2, -0.15) is 0 Å². The molecule has 0 aliphatic heterocycles. The van der Waals surface area contributed by atoms with E-state index in [1.807, 2.05) is 24.3 Å². The SMILES string of the molecule is [C-]#[N+]c1ccc(-c2ccc3c(c2)c2ccccc2n3-c2c3ccccc3nc3c2ccc2ccccc23)cc1. The van der Waals surface area contributed by atoms with Crippen LogP contribution in [0.3, 0.4) is 0 Å². The first-order valence-electron chi connectivity index (χ1n) is 13.0. The lowest BCUT2D eigenvalue weighted by molar-refractivity contribution is 1.21. The molecule has 0 atom stereocenters. The third-order valence-corrected chi connectivity index (χ3v) is 7.77. The summed E-state index contributed by atoms with van der Waals surface area (Å²) in [4.78, 5) is 8.71. The second-order valence-electron chi connectivity index (χ2n) is 9.90. The van der Waals surface area contributed by atoms with Crippen LogP contribution >= 0.6 is 0 Å². The Bertz CT molecular complexity index is 2280. The fraction of sp³-hybridized carbons (Fsp3) is 0. The van der Waals surface area contributed by atoms with Gasteiger partial charge in [0.1, 0.15) is 0 Å². The molecule has 0 unspecified atom stereocenters. The van der Waals surface area contributed by atoms with Crippen molar-refractivity contribution >= 4 is 60.1 Å². The molecular formula is C36H21N3. The average Bonchev–Trinajstić information content (AvgIpc) is 3.33. The second kappa shape index (κ2) is 8.28. The number of aromatic nitrogens is 2. The predicted molar refractivity (Wildman–Crippen MR) is 163 cm³/mol. The predicted octanol–water partition coefficient (Wildman–Crippen LogP) is 9.86. The standard InChI is InChI=1S/C36H21N3/c1-37-26-18-14-23(15-19-26)25-17-21-34-31(22-25)28-10-5-7-13-33(28)39(34)36-29-11-4-6-12-32(29)38-35-27-9-3-2-8-24(27)16-20-30(35)36/h2-22H. The third-order valence-electron chi connectivity index (χ3n) is 7.77. The van der Waals surface area contributed by atoms with Crippen LogP contribution in [0.15, 0.2) is 127 Å². The maximum absolute atomic E-state index is 7.28. The van der Waals surface area contributed by atoms with Crippen LogP contribution in [0.1, 0.15) is 0 Å². The fourth-order valence-electron chi connectivity index (χ4n) is 5.97. The Morgan fingerprint density at radius 1 is 0.538 bits per heavy atom. The number of para-hydroxylation sites is 2. The summed E-state index contributed by atoms with van der Waals surface area (Å²) in [6, 6.07) is 44.5. The maximum atomic E-state index is 7.28. The molecule has 0 N–H and O–H groups in total. The molecular weight excluding hydrogens is 474 g/mol. The van der Waals surface area contributed by atoms with E-state index < -0.39 is 0 Å². The van der Waals surface area contributed by atoms with Crippen molar-refractivity contribution in [2.75, 3.05) is 0 Å². The molecule has 8 rings (SSSR count). The molecule has 0 saturated heterocycles. The van der Waals surface area contributed by atoms with Crippen LogP contribution in [0.2, 0.25) is 0 Å². The van der Waals surface area contributed by atoms with Crippen LogP contribution in [0.4, 0.5) is 5.69 Å². The summed E-state index contributed by atoms with van der Waals surface area (Å²) in [7, 11) is 0. The number of rotatable bonds is 2. The number of benzene rings is 6. The molecule has 180 valence electrons. The number of hydrogen-bond acceptors (Lipinski definition) is 1. The minimum absolute atomic E-state index is 0.653. The van der Waals surface area contributed by atoms with E-state index in [1.165, 1.54) is 21.7 Å². The summed E-state index contributed by atoms with van der Waals surface area (Å²) in [5.41, 5.74) is 8.37. The van der Waals surface area contributed by atoms with E-state index in [1.54, 1.807) is 0 Å². The lowest BCUT2D eigenvalue weighted by atomic mass is 10.0. The van der Waals surface area contributed by atoms with Crippen LogP contribution in [0.25, 0.3) is 76.0 Å². The van der Waals surface area contributed by atoms with Crippen molar-refractivity contribution in [3.05, 3.63) is 139 Å². The van der Waals surface area contributed by atoms with Gasteiger partial charge in [-0.3, -0.25) is 0 Å². The molecule has 0 aliphatic rings. The number of hydrogen-bond donors (Lipinski definition) is 0. The molecule has 2 heterocycles. The Labute approximate surface area is 225 Å². The van der Waals surface area contributed by atoms with E-state index in [-0.39, 0.29) is 0 Å². The molecule has 39 heavy (non-hydrogen) atoms. The van der Waals surface area contributed by atoms with Crippen LogP contribution in [-0.4, -0.2) is 9.55 Å². The van der Waals surface area contributed by atoms with Crippen molar-refractivity contribution < 1.29 is 0 Å². The van der Waals surface area contributed by atoms with E-state index in [0.29, 0.717) is 5.69 Å². The second-order valence-corrected chi connectivity index (χ2v) is 9.90. The largest absolute Gasteiger partial charge is 0.308 e.